The minimum absolute atomic E-state index is 0.218. The van der Waals surface area contributed by atoms with E-state index in [0.29, 0.717) is 5.52 Å². The number of amides is 1. The number of carbonyl (C=O) groups excluding carboxylic acids is 1. The summed E-state index contributed by atoms with van der Waals surface area (Å²) in [6, 6.07) is 5.09. The van der Waals surface area contributed by atoms with Gasteiger partial charge in [0.15, 0.2) is 6.10 Å². The average Bonchev–Trinajstić information content (AvgIpc) is 3.02. The Hall–Kier alpha value is -2.37. The van der Waals surface area contributed by atoms with Gasteiger partial charge in [-0.1, -0.05) is 19.1 Å². The van der Waals surface area contributed by atoms with Crippen LogP contribution in [-0.4, -0.2) is 30.1 Å². The van der Waals surface area contributed by atoms with E-state index in [2.05, 4.69) is 15.3 Å². The van der Waals surface area contributed by atoms with Crippen molar-refractivity contribution in [2.45, 2.75) is 18.9 Å². The molecule has 1 amide bonds. The number of benzene rings is 1. The molecule has 2 atom stereocenters. The molecule has 6 heteroatoms. The molecule has 0 unspecified atom stereocenters. The molecule has 0 aliphatic carbocycles. The molecule has 104 valence electrons. The zero-order chi connectivity index (χ0) is 14.3. The number of hydrogen-bond acceptors (Lipinski definition) is 3. The van der Waals surface area contributed by atoms with Crippen LogP contribution in [0.25, 0.3) is 10.9 Å². The van der Waals surface area contributed by atoms with E-state index in [9.17, 15) is 9.18 Å². The minimum atomic E-state index is -0.657. The van der Waals surface area contributed by atoms with Crippen molar-refractivity contribution in [2.75, 3.05) is 7.05 Å². The first kappa shape index (κ1) is 12.7. The van der Waals surface area contributed by atoms with Gasteiger partial charge in [0.25, 0.3) is 11.9 Å². The summed E-state index contributed by atoms with van der Waals surface area (Å²) in [6.45, 7) is 1.87. The summed E-state index contributed by atoms with van der Waals surface area (Å²) in [5.74, 6) is -0.762. The Balaban J connectivity index is 1.99. The second-order valence-corrected chi connectivity index (χ2v) is 4.75. The summed E-state index contributed by atoms with van der Waals surface area (Å²) >= 11 is 0. The van der Waals surface area contributed by atoms with E-state index in [1.165, 1.54) is 6.07 Å². The van der Waals surface area contributed by atoms with Gasteiger partial charge < -0.3 is 9.72 Å². The Bertz CT molecular complexity index is 708. The summed E-state index contributed by atoms with van der Waals surface area (Å²) in [5.41, 5.74) is 1.29. The molecular weight excluding hydrogens is 261 g/mol. The number of fused-ring (bicyclic) bond motifs is 1. The monoisotopic (exact) mass is 275 g/mol. The summed E-state index contributed by atoms with van der Waals surface area (Å²) in [7, 11) is 1.55. The van der Waals surface area contributed by atoms with Crippen molar-refractivity contribution >= 4 is 22.8 Å². The van der Waals surface area contributed by atoms with Crippen molar-refractivity contribution < 1.29 is 13.9 Å². The van der Waals surface area contributed by atoms with Crippen molar-refractivity contribution in [3.8, 4) is 0 Å². The molecule has 1 aromatic heterocycles. The Labute approximate surface area is 114 Å². The second kappa shape index (κ2) is 4.63. The summed E-state index contributed by atoms with van der Waals surface area (Å²) in [5, 5.41) is 3.32. The smallest absolute Gasteiger partial charge is 0.292 e. The van der Waals surface area contributed by atoms with Gasteiger partial charge in [-0.3, -0.25) is 10.1 Å². The molecule has 0 spiro atoms. The largest absolute Gasteiger partial charge is 0.451 e. The van der Waals surface area contributed by atoms with Crippen LogP contribution in [0.2, 0.25) is 0 Å². The van der Waals surface area contributed by atoms with Crippen LogP contribution in [0.15, 0.2) is 29.4 Å². The molecule has 0 radical (unpaired) electrons. The molecule has 2 heterocycles. The van der Waals surface area contributed by atoms with Crippen molar-refractivity contribution in [3.05, 3.63) is 35.8 Å². The lowest BCUT2D eigenvalue weighted by Crippen LogP contribution is -2.28. The maximum Gasteiger partial charge on any atom is 0.292 e. The zero-order valence-corrected chi connectivity index (χ0v) is 11.1. The molecule has 3 rings (SSSR count). The number of nitrogens with one attached hydrogen (secondary N) is 2. The summed E-state index contributed by atoms with van der Waals surface area (Å²) < 4.78 is 19.1. The van der Waals surface area contributed by atoms with Gasteiger partial charge in [0, 0.05) is 24.5 Å². The summed E-state index contributed by atoms with van der Waals surface area (Å²) in [6.07, 6.45) is 1.06. The number of para-hydroxylation sites is 1. The van der Waals surface area contributed by atoms with Gasteiger partial charge in [0.1, 0.15) is 5.82 Å². The number of hydrogen-bond donors (Lipinski definition) is 2. The van der Waals surface area contributed by atoms with Crippen LogP contribution in [0.1, 0.15) is 18.4 Å². The molecule has 1 aliphatic rings. The van der Waals surface area contributed by atoms with Gasteiger partial charge in [0.2, 0.25) is 0 Å². The maximum atomic E-state index is 13.7. The molecular formula is C14H14FN3O2. The minimum Gasteiger partial charge on any atom is -0.451 e. The van der Waals surface area contributed by atoms with Crippen LogP contribution in [0, 0.1) is 5.82 Å². The number of amidine groups is 1. The van der Waals surface area contributed by atoms with E-state index >= 15 is 0 Å². The predicted molar refractivity (Wildman–Crippen MR) is 73.0 cm³/mol. The molecule has 20 heavy (non-hydrogen) atoms. The van der Waals surface area contributed by atoms with E-state index in [1.54, 1.807) is 19.3 Å². The van der Waals surface area contributed by atoms with Crippen LogP contribution in [0.5, 0.6) is 0 Å². The van der Waals surface area contributed by atoms with Gasteiger partial charge >= 0.3 is 0 Å². The number of rotatable bonds is 2. The number of carbonyl (C=O) groups is 1. The van der Waals surface area contributed by atoms with Gasteiger partial charge in [-0.25, -0.2) is 9.38 Å². The lowest BCUT2D eigenvalue weighted by atomic mass is 9.94. The third kappa shape index (κ3) is 1.84. The first-order valence-electron chi connectivity index (χ1n) is 6.31. The predicted octanol–water partition coefficient (Wildman–Crippen LogP) is 1.91. The second-order valence-electron chi connectivity index (χ2n) is 4.75. The van der Waals surface area contributed by atoms with Crippen LogP contribution >= 0.6 is 0 Å². The SMILES string of the molecule is CN=C1NC(=O)[C@H]([C@H](C)c2c[nH]c3c(F)cccc23)O1. The Morgan fingerprint density at radius 2 is 2.25 bits per heavy atom. The normalized spacial score (nSPS) is 22.1. The van der Waals surface area contributed by atoms with Crippen molar-refractivity contribution in [3.63, 3.8) is 0 Å². The quantitative estimate of drug-likeness (QED) is 0.879. The maximum absolute atomic E-state index is 13.7. The van der Waals surface area contributed by atoms with Crippen LogP contribution < -0.4 is 5.32 Å². The number of aromatic nitrogens is 1. The standard InChI is InChI=1S/C14H14FN3O2/c1-7(12-13(19)18-14(16-2)20-12)9-6-17-11-8(9)4-3-5-10(11)15/h3-7,12,17H,1-2H3,(H,16,18,19)/t7-,12+/m1/s1. The molecule has 1 saturated heterocycles. The fourth-order valence-corrected chi connectivity index (χ4v) is 2.50. The number of aliphatic imine (C=N–C) groups is 1. The fourth-order valence-electron chi connectivity index (χ4n) is 2.50. The lowest BCUT2D eigenvalue weighted by molar-refractivity contribution is -0.124. The summed E-state index contributed by atoms with van der Waals surface area (Å²) in [4.78, 5) is 18.6. The highest BCUT2D eigenvalue weighted by Crippen LogP contribution is 2.31. The Morgan fingerprint density at radius 1 is 1.45 bits per heavy atom. The molecule has 2 N–H and O–H groups in total. The Morgan fingerprint density at radius 3 is 2.95 bits per heavy atom. The molecule has 5 nitrogen and oxygen atoms in total. The number of nitrogens with zero attached hydrogens (tertiary/aromatic N) is 1. The van der Waals surface area contributed by atoms with Gasteiger partial charge in [-0.2, -0.15) is 0 Å². The van der Waals surface area contributed by atoms with E-state index in [-0.39, 0.29) is 23.7 Å². The van der Waals surface area contributed by atoms with E-state index in [1.807, 2.05) is 13.0 Å². The van der Waals surface area contributed by atoms with Gasteiger partial charge in [-0.15, -0.1) is 0 Å². The van der Waals surface area contributed by atoms with Crippen molar-refractivity contribution in [1.29, 1.82) is 0 Å². The van der Waals surface area contributed by atoms with Crippen LogP contribution in [-0.2, 0) is 9.53 Å². The number of halogens is 1. The molecule has 0 saturated carbocycles. The highest BCUT2D eigenvalue weighted by atomic mass is 19.1. The molecule has 1 aliphatic heterocycles. The highest BCUT2D eigenvalue weighted by molar-refractivity contribution is 6.02. The third-order valence-corrected chi connectivity index (χ3v) is 3.57. The average molecular weight is 275 g/mol. The number of H-pyrrole nitrogens is 1. The number of aromatic amines is 1. The van der Waals surface area contributed by atoms with Gasteiger partial charge in [0.05, 0.1) is 5.52 Å². The topological polar surface area (TPSA) is 66.5 Å². The van der Waals surface area contributed by atoms with Crippen LogP contribution in [0.3, 0.4) is 0 Å². The van der Waals surface area contributed by atoms with Crippen molar-refractivity contribution in [1.82, 2.24) is 10.3 Å². The zero-order valence-electron chi connectivity index (χ0n) is 11.1. The first-order chi connectivity index (χ1) is 9.61. The Kier molecular flexibility index (Phi) is 2.93. The third-order valence-electron chi connectivity index (χ3n) is 3.57. The van der Waals surface area contributed by atoms with Crippen LogP contribution in [0.4, 0.5) is 4.39 Å². The first-order valence-corrected chi connectivity index (χ1v) is 6.31. The lowest BCUT2D eigenvalue weighted by Gasteiger charge is -2.15. The number of ether oxygens (including phenoxy) is 1. The molecule has 0 bridgehead atoms. The van der Waals surface area contributed by atoms with Gasteiger partial charge in [-0.05, 0) is 11.6 Å². The molecule has 1 fully saturated rings. The van der Waals surface area contributed by atoms with Crippen molar-refractivity contribution in [2.24, 2.45) is 4.99 Å². The molecule has 1 aromatic carbocycles. The highest BCUT2D eigenvalue weighted by Gasteiger charge is 2.36. The molecule has 2 aromatic rings. The van der Waals surface area contributed by atoms with E-state index < -0.39 is 6.10 Å². The van der Waals surface area contributed by atoms with E-state index in [0.717, 1.165) is 10.9 Å². The van der Waals surface area contributed by atoms with E-state index in [4.69, 9.17) is 4.74 Å². The fraction of sp³-hybridized carbons (Fsp3) is 0.286.